The molecule has 0 unspecified atom stereocenters. The van der Waals surface area contributed by atoms with E-state index in [2.05, 4.69) is 4.98 Å². The van der Waals surface area contributed by atoms with Gasteiger partial charge >= 0.3 is 11.7 Å². The Kier molecular flexibility index (Phi) is 6.54. The summed E-state index contributed by atoms with van der Waals surface area (Å²) in [5.74, 6) is -0.411. The van der Waals surface area contributed by atoms with Crippen LogP contribution in [0.3, 0.4) is 0 Å². The molecule has 10 heteroatoms. The molecule has 0 bridgehead atoms. The maximum atomic E-state index is 14.0. The van der Waals surface area contributed by atoms with Gasteiger partial charge < -0.3 is 14.3 Å². The summed E-state index contributed by atoms with van der Waals surface area (Å²) in [6.07, 6.45) is 2.92. The average molecular weight is 526 g/mol. The Bertz CT molecular complexity index is 1570. The maximum absolute atomic E-state index is 14.0. The van der Waals surface area contributed by atoms with Crippen molar-refractivity contribution < 1.29 is 19.1 Å². The van der Waals surface area contributed by atoms with Gasteiger partial charge in [0.15, 0.2) is 0 Å². The van der Waals surface area contributed by atoms with Crippen LogP contribution in [0, 0.1) is 6.92 Å². The number of nitrogens with zero attached hydrogens (tertiary/aromatic N) is 3. The molecule has 0 spiro atoms. The van der Waals surface area contributed by atoms with Gasteiger partial charge in [0.1, 0.15) is 27.8 Å². The highest BCUT2D eigenvalue weighted by Gasteiger charge is 2.39. The molecule has 1 N–H and O–H groups in total. The maximum Gasteiger partial charge on any atom is 0.333 e. The normalized spacial score (nSPS) is 14.1. The van der Waals surface area contributed by atoms with Gasteiger partial charge in [0.2, 0.25) is 5.89 Å². The number of aryl methyl sites for hydroxylation is 1. The molecule has 1 aromatic carbocycles. The van der Waals surface area contributed by atoms with Crippen LogP contribution in [0.25, 0.3) is 21.0 Å². The fourth-order valence-corrected chi connectivity index (χ4v) is 5.44. The van der Waals surface area contributed by atoms with E-state index in [1.54, 1.807) is 58.9 Å². The van der Waals surface area contributed by atoms with E-state index in [0.717, 1.165) is 4.57 Å². The first-order valence-electron chi connectivity index (χ1n) is 11.9. The topological polar surface area (TPSA) is 117 Å². The fraction of sp³-hybridized carbons (Fsp3) is 0.407. The second kappa shape index (κ2) is 9.11. The molecule has 0 radical (unpaired) electrons. The van der Waals surface area contributed by atoms with Gasteiger partial charge in [-0.3, -0.25) is 9.36 Å². The Hall–Kier alpha value is -3.50. The zero-order valence-corrected chi connectivity index (χ0v) is 22.8. The summed E-state index contributed by atoms with van der Waals surface area (Å²) in [5, 5.41) is 11.7. The van der Waals surface area contributed by atoms with E-state index in [9.17, 15) is 19.5 Å². The van der Waals surface area contributed by atoms with Crippen LogP contribution in [0.15, 0.2) is 56.8 Å². The van der Waals surface area contributed by atoms with E-state index >= 15 is 0 Å². The van der Waals surface area contributed by atoms with Crippen molar-refractivity contribution in [3.05, 3.63) is 74.8 Å². The van der Waals surface area contributed by atoms with Gasteiger partial charge in [0.25, 0.3) is 5.56 Å². The van der Waals surface area contributed by atoms with Crippen molar-refractivity contribution in [2.45, 2.75) is 71.8 Å². The molecule has 196 valence electrons. The second-order valence-corrected chi connectivity index (χ2v) is 11.8. The highest BCUT2D eigenvalue weighted by Crippen LogP contribution is 2.36. The molecule has 0 aliphatic carbocycles. The standard InChI is InChI=1S/C27H31N3O6S/c1-16-18-21(31)30(26(5,6)23(32)36-25(2,3)4)24(33)29(15-27(7,34)17-11-9-8-10-12-17)22(18)37-19(16)20-28-13-14-35-20/h8-14,34H,15H2,1-7H3/t27-/m1/s1. The fourth-order valence-electron chi connectivity index (χ4n) is 4.21. The first kappa shape index (κ1) is 26.6. The van der Waals surface area contributed by atoms with Crippen LogP contribution in [0.5, 0.6) is 0 Å². The van der Waals surface area contributed by atoms with Crippen LogP contribution in [0.1, 0.15) is 52.7 Å². The summed E-state index contributed by atoms with van der Waals surface area (Å²) < 4.78 is 13.3. The highest BCUT2D eigenvalue weighted by atomic mass is 32.1. The number of rotatable bonds is 6. The zero-order valence-electron chi connectivity index (χ0n) is 22.0. The van der Waals surface area contributed by atoms with Crippen molar-refractivity contribution in [2.24, 2.45) is 0 Å². The molecule has 0 saturated heterocycles. The van der Waals surface area contributed by atoms with Crippen molar-refractivity contribution >= 4 is 27.5 Å². The molecular formula is C27H31N3O6S. The Labute approximate surface area is 218 Å². The first-order valence-corrected chi connectivity index (χ1v) is 12.7. The SMILES string of the molecule is Cc1c(-c2ncco2)sc2c1c(=O)n(C(C)(C)C(=O)OC(C)(C)C)c(=O)n2C[C@@](C)(O)c1ccccc1. The third-order valence-electron chi connectivity index (χ3n) is 6.16. The number of esters is 1. The van der Waals surface area contributed by atoms with Crippen molar-refractivity contribution in [3.63, 3.8) is 0 Å². The lowest BCUT2D eigenvalue weighted by Gasteiger charge is -2.31. The summed E-state index contributed by atoms with van der Waals surface area (Å²) in [4.78, 5) is 46.3. The Morgan fingerprint density at radius 3 is 2.32 bits per heavy atom. The van der Waals surface area contributed by atoms with Crippen LogP contribution in [0.2, 0.25) is 0 Å². The van der Waals surface area contributed by atoms with E-state index < -0.39 is 34.0 Å². The van der Waals surface area contributed by atoms with E-state index in [1.807, 2.05) is 6.07 Å². The van der Waals surface area contributed by atoms with Crippen LogP contribution < -0.4 is 11.2 Å². The van der Waals surface area contributed by atoms with Gasteiger partial charge in [0.05, 0.1) is 23.0 Å². The molecule has 0 saturated carbocycles. The number of thiophene rings is 1. The Balaban J connectivity index is 2.03. The summed E-state index contributed by atoms with van der Waals surface area (Å²) in [6, 6.07) is 8.95. The van der Waals surface area contributed by atoms with Crippen molar-refractivity contribution in [3.8, 4) is 10.8 Å². The van der Waals surface area contributed by atoms with E-state index in [4.69, 9.17) is 9.15 Å². The molecule has 3 heterocycles. The van der Waals surface area contributed by atoms with E-state index in [-0.39, 0.29) is 11.9 Å². The van der Waals surface area contributed by atoms with Crippen LogP contribution in [-0.4, -0.2) is 30.8 Å². The third kappa shape index (κ3) is 4.78. The summed E-state index contributed by atoms with van der Waals surface area (Å²) in [7, 11) is 0. The first-order chi connectivity index (χ1) is 17.1. The lowest BCUT2D eigenvalue weighted by atomic mass is 9.96. The monoisotopic (exact) mass is 525 g/mol. The minimum atomic E-state index is -1.63. The predicted molar refractivity (Wildman–Crippen MR) is 142 cm³/mol. The number of hydrogen-bond acceptors (Lipinski definition) is 8. The van der Waals surface area contributed by atoms with Crippen LogP contribution >= 0.6 is 11.3 Å². The number of carbonyl (C=O) groups is 1. The average Bonchev–Trinajstić information content (AvgIpc) is 3.44. The number of benzene rings is 1. The lowest BCUT2D eigenvalue weighted by Crippen LogP contribution is -2.54. The van der Waals surface area contributed by atoms with Gasteiger partial charge in [-0.25, -0.2) is 19.1 Å². The second-order valence-electron chi connectivity index (χ2n) is 10.8. The number of carbonyl (C=O) groups excluding carboxylic acids is 1. The molecule has 1 atom stereocenters. The molecule has 4 rings (SSSR count). The van der Waals surface area contributed by atoms with Gasteiger partial charge in [-0.1, -0.05) is 30.3 Å². The van der Waals surface area contributed by atoms with Crippen LogP contribution in [0.4, 0.5) is 0 Å². The van der Waals surface area contributed by atoms with Crippen molar-refractivity contribution in [1.82, 2.24) is 14.1 Å². The van der Waals surface area contributed by atoms with Crippen molar-refractivity contribution in [1.29, 1.82) is 0 Å². The van der Waals surface area contributed by atoms with Gasteiger partial charge in [0, 0.05) is 0 Å². The largest absolute Gasteiger partial charge is 0.458 e. The quantitative estimate of drug-likeness (QED) is 0.376. The molecule has 0 aliphatic rings. The molecule has 37 heavy (non-hydrogen) atoms. The lowest BCUT2D eigenvalue weighted by molar-refractivity contribution is -0.164. The molecule has 4 aromatic rings. The van der Waals surface area contributed by atoms with E-state index in [1.165, 1.54) is 42.2 Å². The number of oxazole rings is 1. The zero-order chi connectivity index (χ0) is 27.3. The number of aromatic nitrogens is 3. The number of aliphatic hydroxyl groups is 1. The van der Waals surface area contributed by atoms with Gasteiger partial charge in [-0.2, -0.15) is 0 Å². The minimum absolute atomic E-state index is 0.165. The Morgan fingerprint density at radius 1 is 1.11 bits per heavy atom. The number of hydrogen-bond donors (Lipinski definition) is 1. The summed E-state index contributed by atoms with van der Waals surface area (Å²) in [5.41, 5.74) is -4.11. The molecular weight excluding hydrogens is 494 g/mol. The number of fused-ring (bicyclic) bond motifs is 1. The van der Waals surface area contributed by atoms with E-state index in [0.29, 0.717) is 26.7 Å². The minimum Gasteiger partial charge on any atom is -0.458 e. The molecule has 0 amide bonds. The third-order valence-corrected chi connectivity index (χ3v) is 7.46. The highest BCUT2D eigenvalue weighted by molar-refractivity contribution is 7.22. The number of ether oxygens (including phenoxy) is 1. The van der Waals surface area contributed by atoms with Crippen LogP contribution in [-0.2, 0) is 27.2 Å². The molecule has 9 nitrogen and oxygen atoms in total. The molecule has 3 aromatic heterocycles. The Morgan fingerprint density at radius 2 is 1.76 bits per heavy atom. The van der Waals surface area contributed by atoms with Crippen molar-refractivity contribution in [2.75, 3.05) is 0 Å². The molecule has 0 aliphatic heterocycles. The smallest absolute Gasteiger partial charge is 0.333 e. The predicted octanol–water partition coefficient (Wildman–Crippen LogP) is 4.17. The molecule has 0 fully saturated rings. The summed E-state index contributed by atoms with van der Waals surface area (Å²) in [6.45, 7) is 11.3. The van der Waals surface area contributed by atoms with Gasteiger partial charge in [-0.05, 0) is 59.6 Å². The van der Waals surface area contributed by atoms with Gasteiger partial charge in [-0.15, -0.1) is 11.3 Å². The summed E-state index contributed by atoms with van der Waals surface area (Å²) >= 11 is 1.18.